The monoisotopic (exact) mass is 377 g/mol. The van der Waals surface area contributed by atoms with E-state index in [1.165, 1.54) is 6.33 Å². The van der Waals surface area contributed by atoms with E-state index in [0.29, 0.717) is 24.8 Å². The molecule has 1 N–H and O–H groups in total. The van der Waals surface area contributed by atoms with Gasteiger partial charge in [-0.05, 0) is 25.5 Å². The minimum Gasteiger partial charge on any atom is -0.477 e. The van der Waals surface area contributed by atoms with Gasteiger partial charge in [-0.1, -0.05) is 59.3 Å². The molecule has 0 fully saturated rings. The molecule has 6 nitrogen and oxygen atoms in total. The van der Waals surface area contributed by atoms with Crippen LogP contribution in [0.4, 0.5) is 0 Å². The van der Waals surface area contributed by atoms with Crippen molar-refractivity contribution in [3.63, 3.8) is 0 Å². The number of fused-ring (bicyclic) bond motifs is 1. The molecule has 3 rings (SSSR count). The fourth-order valence-corrected chi connectivity index (χ4v) is 2.72. The molecule has 0 aliphatic rings. The van der Waals surface area contributed by atoms with Gasteiger partial charge in [-0.3, -0.25) is 0 Å². The second kappa shape index (κ2) is 10.2. The van der Waals surface area contributed by atoms with Crippen molar-refractivity contribution in [1.82, 2.24) is 9.97 Å². The summed E-state index contributed by atoms with van der Waals surface area (Å²) in [4.78, 5) is 8.44. The molecule has 0 saturated heterocycles. The molecule has 6 heteroatoms. The Kier molecular flexibility index (Phi) is 7.09. The number of benzene rings is 2. The lowest BCUT2D eigenvalue weighted by Crippen LogP contribution is -2.11. The number of aromatic nitrogens is 2. The molecule has 0 aliphatic heterocycles. The van der Waals surface area contributed by atoms with Gasteiger partial charge in [0, 0.05) is 5.56 Å². The maximum absolute atomic E-state index is 9.17. The Morgan fingerprint density at radius 3 is 2.64 bits per heavy atom. The molecular weight excluding hydrogens is 354 g/mol. The summed E-state index contributed by atoms with van der Waals surface area (Å²) in [6.45, 7) is 3.22. The number of ether oxygens (including phenoxy) is 2. The van der Waals surface area contributed by atoms with Crippen molar-refractivity contribution in [1.29, 1.82) is 0 Å². The number of para-hydroxylation sites is 1. The average molecular weight is 377 g/mol. The van der Waals surface area contributed by atoms with Gasteiger partial charge in [0.15, 0.2) is 0 Å². The third-order valence-corrected chi connectivity index (χ3v) is 4.15. The summed E-state index contributed by atoms with van der Waals surface area (Å²) in [5.41, 5.74) is 3.30. The number of hydrogen-bond acceptors (Lipinski definition) is 6. The molecular formula is C22H23N3O3. The van der Waals surface area contributed by atoms with Crippen molar-refractivity contribution in [3.8, 4) is 5.88 Å². The molecule has 28 heavy (non-hydrogen) atoms. The van der Waals surface area contributed by atoms with Crippen molar-refractivity contribution in [2.45, 2.75) is 13.3 Å². The molecule has 0 atom stereocenters. The van der Waals surface area contributed by atoms with Crippen molar-refractivity contribution < 1.29 is 14.7 Å². The van der Waals surface area contributed by atoms with E-state index in [-0.39, 0.29) is 6.61 Å². The number of oxime groups is 1. The van der Waals surface area contributed by atoms with E-state index in [9.17, 15) is 0 Å². The van der Waals surface area contributed by atoms with Crippen molar-refractivity contribution >= 4 is 16.6 Å². The zero-order valence-corrected chi connectivity index (χ0v) is 15.8. The van der Waals surface area contributed by atoms with E-state index in [0.717, 1.165) is 28.5 Å². The molecule has 0 spiro atoms. The van der Waals surface area contributed by atoms with Gasteiger partial charge < -0.3 is 14.7 Å². The summed E-state index contributed by atoms with van der Waals surface area (Å²) in [6, 6.07) is 17.2. The number of rotatable bonds is 9. The average Bonchev–Trinajstić information content (AvgIpc) is 2.75. The van der Waals surface area contributed by atoms with Crippen LogP contribution in [-0.4, -0.2) is 40.7 Å². The fourth-order valence-electron chi connectivity index (χ4n) is 2.72. The van der Waals surface area contributed by atoms with Gasteiger partial charge in [-0.25, -0.2) is 9.97 Å². The molecule has 2 aromatic carbocycles. The largest absolute Gasteiger partial charge is 0.477 e. The predicted molar refractivity (Wildman–Crippen MR) is 109 cm³/mol. The normalized spacial score (nSPS) is 12.3. The molecule has 1 aromatic heterocycles. The smallest absolute Gasteiger partial charge is 0.224 e. The van der Waals surface area contributed by atoms with Crippen molar-refractivity contribution in [3.05, 3.63) is 78.1 Å². The van der Waals surface area contributed by atoms with Gasteiger partial charge in [-0.2, -0.15) is 0 Å². The summed E-state index contributed by atoms with van der Waals surface area (Å²) in [5.74, 6) is 0.597. The third kappa shape index (κ3) is 5.37. The minimum absolute atomic E-state index is 0.245. The number of nitrogens with zero attached hydrogens (tertiary/aromatic N) is 3. The SMILES string of the molecule is C/C(=C\CCOc1ncnc2ccccc12)COC/C(=N\O)c1ccccc1. The molecule has 0 aliphatic carbocycles. The minimum atomic E-state index is 0.245. The van der Waals surface area contributed by atoms with E-state index in [1.807, 2.05) is 61.5 Å². The van der Waals surface area contributed by atoms with E-state index in [2.05, 4.69) is 21.2 Å². The van der Waals surface area contributed by atoms with Gasteiger partial charge in [0.2, 0.25) is 5.88 Å². The van der Waals surface area contributed by atoms with E-state index >= 15 is 0 Å². The van der Waals surface area contributed by atoms with Crippen LogP contribution in [0, 0.1) is 0 Å². The van der Waals surface area contributed by atoms with Crippen molar-refractivity contribution in [2.75, 3.05) is 19.8 Å². The van der Waals surface area contributed by atoms with Crippen LogP contribution in [0.3, 0.4) is 0 Å². The Hall–Kier alpha value is -3.25. The molecule has 0 radical (unpaired) electrons. The Morgan fingerprint density at radius 2 is 1.82 bits per heavy atom. The summed E-state index contributed by atoms with van der Waals surface area (Å²) in [6.07, 6.45) is 4.33. The lowest BCUT2D eigenvalue weighted by atomic mass is 10.1. The Bertz CT molecular complexity index is 950. The van der Waals surface area contributed by atoms with Gasteiger partial charge >= 0.3 is 0 Å². The van der Waals surface area contributed by atoms with Crippen LogP contribution in [0.25, 0.3) is 10.9 Å². The first-order valence-corrected chi connectivity index (χ1v) is 9.10. The van der Waals surface area contributed by atoms with Crippen LogP contribution in [0.1, 0.15) is 18.9 Å². The first-order valence-electron chi connectivity index (χ1n) is 9.10. The molecule has 0 bridgehead atoms. The summed E-state index contributed by atoms with van der Waals surface area (Å²) in [5, 5.41) is 13.4. The molecule has 144 valence electrons. The topological polar surface area (TPSA) is 76.8 Å². The highest BCUT2D eigenvalue weighted by atomic mass is 16.5. The third-order valence-electron chi connectivity index (χ3n) is 4.15. The highest BCUT2D eigenvalue weighted by molar-refractivity contribution is 6.01. The number of hydrogen-bond donors (Lipinski definition) is 1. The lowest BCUT2D eigenvalue weighted by molar-refractivity contribution is 0.192. The Balaban J connectivity index is 1.43. The zero-order chi connectivity index (χ0) is 19.6. The van der Waals surface area contributed by atoms with Crippen LogP contribution < -0.4 is 4.74 Å². The van der Waals surface area contributed by atoms with Crippen LogP contribution in [0.5, 0.6) is 5.88 Å². The second-order valence-corrected chi connectivity index (χ2v) is 6.29. The molecule has 1 heterocycles. The van der Waals surface area contributed by atoms with E-state index in [1.54, 1.807) is 0 Å². The molecule has 0 unspecified atom stereocenters. The van der Waals surface area contributed by atoms with Crippen LogP contribution in [0.2, 0.25) is 0 Å². The highest BCUT2D eigenvalue weighted by Gasteiger charge is 2.05. The fraction of sp³-hybridized carbons (Fsp3) is 0.227. The zero-order valence-electron chi connectivity index (χ0n) is 15.8. The van der Waals surface area contributed by atoms with Crippen LogP contribution in [-0.2, 0) is 4.74 Å². The highest BCUT2D eigenvalue weighted by Crippen LogP contribution is 2.20. The Labute approximate surface area is 164 Å². The van der Waals surface area contributed by atoms with E-state index < -0.39 is 0 Å². The standard InChI is InChI=1S/C22H23N3O3/c1-17(14-27-15-21(25-26)18-9-3-2-4-10-18)8-7-13-28-22-19-11-5-6-12-20(19)23-16-24-22/h2-6,8-12,16,26H,7,13-15H2,1H3/b17-8+,25-21+. The lowest BCUT2D eigenvalue weighted by Gasteiger charge is -2.08. The van der Waals surface area contributed by atoms with E-state index in [4.69, 9.17) is 14.7 Å². The van der Waals surface area contributed by atoms with Crippen molar-refractivity contribution in [2.24, 2.45) is 5.16 Å². The maximum Gasteiger partial charge on any atom is 0.224 e. The molecule has 3 aromatic rings. The first-order chi connectivity index (χ1) is 13.8. The Morgan fingerprint density at radius 1 is 1.04 bits per heavy atom. The van der Waals surface area contributed by atoms with Crippen LogP contribution >= 0.6 is 0 Å². The van der Waals surface area contributed by atoms with Gasteiger partial charge in [-0.15, -0.1) is 0 Å². The second-order valence-electron chi connectivity index (χ2n) is 6.29. The summed E-state index contributed by atoms with van der Waals surface area (Å²) < 4.78 is 11.5. The maximum atomic E-state index is 9.17. The summed E-state index contributed by atoms with van der Waals surface area (Å²) in [7, 11) is 0. The summed E-state index contributed by atoms with van der Waals surface area (Å²) >= 11 is 0. The molecule has 0 amide bonds. The quantitative estimate of drug-likeness (QED) is 0.198. The predicted octanol–water partition coefficient (Wildman–Crippen LogP) is 4.24. The van der Waals surface area contributed by atoms with Crippen LogP contribution in [0.15, 0.2) is 77.7 Å². The van der Waals surface area contributed by atoms with Gasteiger partial charge in [0.25, 0.3) is 0 Å². The van der Waals surface area contributed by atoms with Gasteiger partial charge in [0.1, 0.15) is 12.0 Å². The van der Waals surface area contributed by atoms with Gasteiger partial charge in [0.05, 0.1) is 30.7 Å². The molecule has 0 saturated carbocycles. The first kappa shape index (κ1) is 19.5.